The van der Waals surface area contributed by atoms with E-state index in [2.05, 4.69) is 20.1 Å². The zero-order valence-electron chi connectivity index (χ0n) is 21.8. The highest BCUT2D eigenvalue weighted by Crippen LogP contribution is 2.31. The van der Waals surface area contributed by atoms with Crippen LogP contribution < -0.4 is 15.5 Å². The van der Waals surface area contributed by atoms with E-state index in [0.717, 1.165) is 12.1 Å². The Balaban J connectivity index is 0.00000370. The summed E-state index contributed by atoms with van der Waals surface area (Å²) in [6.07, 6.45) is 3.99. The van der Waals surface area contributed by atoms with Crippen molar-refractivity contribution in [1.29, 1.82) is 0 Å². The number of anilines is 2. The number of benzene rings is 1. The fourth-order valence-electron chi connectivity index (χ4n) is 5.05. The molecule has 2 saturated heterocycles. The number of halogens is 5. The molecular weight excluding hydrogens is 556 g/mol. The van der Waals surface area contributed by atoms with Gasteiger partial charge in [0, 0.05) is 58.2 Å². The number of rotatable bonds is 6. The minimum absolute atomic E-state index is 0. The first-order valence-corrected chi connectivity index (χ1v) is 12.5. The molecule has 0 bridgehead atoms. The van der Waals surface area contributed by atoms with Crippen molar-refractivity contribution < 1.29 is 26.9 Å². The van der Waals surface area contributed by atoms with Crippen LogP contribution in [0.1, 0.15) is 47.6 Å². The predicted octanol–water partition coefficient (Wildman–Crippen LogP) is 3.34. The van der Waals surface area contributed by atoms with Gasteiger partial charge in [-0.2, -0.15) is 13.8 Å². The van der Waals surface area contributed by atoms with E-state index < -0.39 is 35.3 Å². The molecule has 0 spiro atoms. The SMILES string of the molecule is CN(C(=O)c1cnc(N2C[C@H](c3cc(F)ccc3F)[C@@H](N)C2)cn1)C1CCN(c2nc(C(C)(F)F)no2)CC1.Cl. The number of amides is 1. The Morgan fingerprint density at radius 1 is 1.12 bits per heavy atom. The molecule has 216 valence electrons. The molecule has 0 unspecified atom stereocenters. The van der Waals surface area contributed by atoms with Crippen LogP contribution in [0.15, 0.2) is 35.1 Å². The van der Waals surface area contributed by atoms with Crippen LogP contribution >= 0.6 is 12.4 Å². The highest BCUT2D eigenvalue weighted by molar-refractivity contribution is 5.92. The van der Waals surface area contributed by atoms with Crippen molar-refractivity contribution >= 4 is 30.1 Å². The summed E-state index contributed by atoms with van der Waals surface area (Å²) in [5.74, 6) is -5.14. The standard InChI is InChI=1S/C25H28F4N8O2.ClH/c1-25(28,29)23-33-24(39-34-23)36-7-5-15(6-8-36)35(2)22(38)20-10-32-21(11-31-20)37-12-17(19(30)13-37)16-9-14(26)3-4-18(16)27;/h3-4,9-11,15,17,19H,5-8,12-13,30H2,1-2H3;1H/t17-,19+;/m1./s1. The highest BCUT2D eigenvalue weighted by atomic mass is 35.5. The van der Waals surface area contributed by atoms with Crippen molar-refractivity contribution in [3.8, 4) is 0 Å². The van der Waals surface area contributed by atoms with Gasteiger partial charge in [0.15, 0.2) is 0 Å². The van der Waals surface area contributed by atoms with Crippen LogP contribution in [0.2, 0.25) is 0 Å². The van der Waals surface area contributed by atoms with Gasteiger partial charge in [-0.25, -0.2) is 18.7 Å². The molecule has 2 N–H and O–H groups in total. The number of aromatic nitrogens is 4. The number of nitrogens with zero attached hydrogens (tertiary/aromatic N) is 7. The smallest absolute Gasteiger partial charge is 0.324 e. The fourth-order valence-corrected chi connectivity index (χ4v) is 5.05. The second-order valence-electron chi connectivity index (χ2n) is 10.0. The first-order chi connectivity index (χ1) is 18.5. The van der Waals surface area contributed by atoms with Gasteiger partial charge in [-0.1, -0.05) is 5.16 Å². The molecule has 2 aliphatic rings. The van der Waals surface area contributed by atoms with Crippen LogP contribution in [-0.2, 0) is 5.92 Å². The predicted molar refractivity (Wildman–Crippen MR) is 140 cm³/mol. The van der Waals surface area contributed by atoms with E-state index in [1.54, 1.807) is 16.8 Å². The van der Waals surface area contributed by atoms with Crippen LogP contribution in [0.4, 0.5) is 29.4 Å². The molecule has 2 fully saturated rings. The Bertz CT molecular complexity index is 1330. The maximum atomic E-state index is 14.3. The second kappa shape index (κ2) is 11.5. The summed E-state index contributed by atoms with van der Waals surface area (Å²) in [5.41, 5.74) is 6.62. The van der Waals surface area contributed by atoms with Crippen LogP contribution in [0.5, 0.6) is 0 Å². The Morgan fingerprint density at radius 3 is 2.48 bits per heavy atom. The van der Waals surface area contributed by atoms with Crippen LogP contribution in [0, 0.1) is 11.6 Å². The molecule has 15 heteroatoms. The van der Waals surface area contributed by atoms with Gasteiger partial charge in [-0.05, 0) is 36.6 Å². The summed E-state index contributed by atoms with van der Waals surface area (Å²) in [7, 11) is 1.68. The molecule has 2 atom stereocenters. The van der Waals surface area contributed by atoms with Crippen LogP contribution in [0.25, 0.3) is 0 Å². The summed E-state index contributed by atoms with van der Waals surface area (Å²) in [6, 6.07) is 2.82. The number of hydrogen-bond donors (Lipinski definition) is 1. The van der Waals surface area contributed by atoms with Gasteiger partial charge in [-0.15, -0.1) is 12.4 Å². The minimum Gasteiger partial charge on any atom is -0.353 e. The number of hydrogen-bond acceptors (Lipinski definition) is 9. The summed E-state index contributed by atoms with van der Waals surface area (Å²) in [6.45, 7) is 2.31. The normalized spacial score (nSPS) is 20.0. The number of alkyl halides is 2. The first kappa shape index (κ1) is 29.5. The largest absolute Gasteiger partial charge is 0.353 e. The van der Waals surface area contributed by atoms with Gasteiger partial charge in [0.1, 0.15) is 23.1 Å². The van der Waals surface area contributed by atoms with Gasteiger partial charge >= 0.3 is 11.9 Å². The Kier molecular flexibility index (Phi) is 8.49. The first-order valence-electron chi connectivity index (χ1n) is 12.5. The number of carbonyl (C=O) groups excluding carboxylic acids is 1. The number of piperidine rings is 1. The molecule has 10 nitrogen and oxygen atoms in total. The average Bonchev–Trinajstić information content (AvgIpc) is 3.57. The van der Waals surface area contributed by atoms with Crippen molar-refractivity contribution in [1.82, 2.24) is 25.0 Å². The van der Waals surface area contributed by atoms with Crippen molar-refractivity contribution in [2.75, 3.05) is 43.0 Å². The third-order valence-electron chi connectivity index (χ3n) is 7.31. The topological polar surface area (TPSA) is 118 Å². The average molecular weight is 585 g/mol. The molecule has 1 aromatic carbocycles. The van der Waals surface area contributed by atoms with E-state index in [9.17, 15) is 22.4 Å². The summed E-state index contributed by atoms with van der Waals surface area (Å²) in [5, 5.41) is 3.35. The molecule has 0 saturated carbocycles. The zero-order chi connectivity index (χ0) is 27.9. The van der Waals surface area contributed by atoms with Crippen LogP contribution in [0.3, 0.4) is 0 Å². The lowest BCUT2D eigenvalue weighted by atomic mass is 9.94. The maximum absolute atomic E-state index is 14.3. The van der Waals surface area contributed by atoms with Crippen molar-refractivity contribution in [2.45, 2.75) is 43.7 Å². The van der Waals surface area contributed by atoms with E-state index in [1.807, 2.05) is 4.90 Å². The highest BCUT2D eigenvalue weighted by Gasteiger charge is 2.35. The number of carbonyl (C=O) groups is 1. The lowest BCUT2D eigenvalue weighted by Crippen LogP contribution is -2.46. The Labute approximate surface area is 233 Å². The molecule has 5 rings (SSSR count). The monoisotopic (exact) mass is 584 g/mol. The van der Waals surface area contributed by atoms with Gasteiger partial charge in [0.2, 0.25) is 5.82 Å². The van der Waals surface area contributed by atoms with Crippen molar-refractivity contribution in [2.24, 2.45) is 5.73 Å². The lowest BCUT2D eigenvalue weighted by Gasteiger charge is -2.35. The van der Waals surface area contributed by atoms with Crippen molar-refractivity contribution in [3.05, 3.63) is 59.3 Å². The Hall–Kier alpha value is -3.52. The van der Waals surface area contributed by atoms with E-state index >= 15 is 0 Å². The molecular formula is C25H29ClF4N8O2. The fraction of sp³-hybridized carbons (Fsp3) is 0.480. The van der Waals surface area contributed by atoms with Gasteiger partial charge < -0.3 is 25.0 Å². The van der Waals surface area contributed by atoms with Gasteiger partial charge in [0.05, 0.1) is 12.4 Å². The molecule has 2 aromatic heterocycles. The quantitative estimate of drug-likeness (QED) is 0.435. The van der Waals surface area contributed by atoms with Crippen molar-refractivity contribution in [3.63, 3.8) is 0 Å². The second-order valence-corrected chi connectivity index (χ2v) is 10.0. The van der Waals surface area contributed by atoms with E-state index in [4.69, 9.17) is 10.3 Å². The van der Waals surface area contributed by atoms with Gasteiger partial charge in [0.25, 0.3) is 5.91 Å². The van der Waals surface area contributed by atoms with Crippen LogP contribution in [-0.4, -0.2) is 76.2 Å². The lowest BCUT2D eigenvalue weighted by molar-refractivity contribution is 0.00558. The molecule has 1 amide bonds. The van der Waals surface area contributed by atoms with E-state index in [-0.39, 0.29) is 41.6 Å². The van der Waals surface area contributed by atoms with E-state index in [1.165, 1.54) is 18.5 Å². The third-order valence-corrected chi connectivity index (χ3v) is 7.31. The van der Waals surface area contributed by atoms with E-state index in [0.29, 0.717) is 51.8 Å². The molecule has 0 radical (unpaired) electrons. The summed E-state index contributed by atoms with van der Waals surface area (Å²) in [4.78, 5) is 30.7. The van der Waals surface area contributed by atoms with Gasteiger partial charge in [-0.3, -0.25) is 4.79 Å². The summed E-state index contributed by atoms with van der Waals surface area (Å²) < 4.78 is 59.8. The molecule has 3 aromatic rings. The number of nitrogens with two attached hydrogens (primary N) is 1. The summed E-state index contributed by atoms with van der Waals surface area (Å²) >= 11 is 0. The molecule has 4 heterocycles. The minimum atomic E-state index is -3.19. The zero-order valence-corrected chi connectivity index (χ0v) is 22.6. The Morgan fingerprint density at radius 2 is 1.85 bits per heavy atom. The maximum Gasteiger partial charge on any atom is 0.324 e. The molecule has 2 aliphatic heterocycles. The molecule has 0 aliphatic carbocycles. The molecule has 40 heavy (non-hydrogen) atoms. The third kappa shape index (κ3) is 5.97.